The average Bonchev–Trinajstić information content (AvgIpc) is 2.71. The number of nitrogens with zero attached hydrogens (tertiary/aromatic N) is 2. The highest BCUT2D eigenvalue weighted by Gasteiger charge is 2.09. The van der Waals surface area contributed by atoms with Crippen LogP contribution in [0.25, 0.3) is 11.0 Å². The fourth-order valence-electron chi connectivity index (χ4n) is 2.08. The Bertz CT molecular complexity index is 560. The van der Waals surface area contributed by atoms with Gasteiger partial charge in [-0.1, -0.05) is 36.0 Å². The van der Waals surface area contributed by atoms with E-state index in [0.29, 0.717) is 16.4 Å². The van der Waals surface area contributed by atoms with Crippen LogP contribution in [0.1, 0.15) is 19.3 Å². The standard InChI is InChI=1S/C12H15BCl2N2O2/c14-9-6-10(15)12-11(7-9)16-8-17(12)5-3-1-2-4-13(18)19/h6-8,18-19H,1-5H2. The van der Waals surface area contributed by atoms with E-state index in [0.717, 1.165) is 36.8 Å². The van der Waals surface area contributed by atoms with Crippen molar-refractivity contribution < 1.29 is 10.0 Å². The summed E-state index contributed by atoms with van der Waals surface area (Å²) in [5, 5.41) is 18.7. The van der Waals surface area contributed by atoms with Crippen LogP contribution < -0.4 is 0 Å². The van der Waals surface area contributed by atoms with E-state index in [9.17, 15) is 0 Å². The Morgan fingerprint density at radius 1 is 1.16 bits per heavy atom. The van der Waals surface area contributed by atoms with Crippen molar-refractivity contribution in [2.75, 3.05) is 0 Å². The summed E-state index contributed by atoms with van der Waals surface area (Å²) >= 11 is 12.1. The van der Waals surface area contributed by atoms with Gasteiger partial charge in [0.1, 0.15) is 0 Å². The van der Waals surface area contributed by atoms with Gasteiger partial charge in [-0.25, -0.2) is 4.98 Å². The number of aryl methyl sites for hydroxylation is 1. The number of imidazole rings is 1. The number of aromatic nitrogens is 2. The summed E-state index contributed by atoms with van der Waals surface area (Å²) in [6, 6.07) is 3.51. The van der Waals surface area contributed by atoms with Crippen LogP contribution in [0.2, 0.25) is 16.4 Å². The van der Waals surface area contributed by atoms with E-state index < -0.39 is 7.12 Å². The third-order valence-electron chi connectivity index (χ3n) is 2.99. The second-order valence-electron chi connectivity index (χ2n) is 4.52. The third-order valence-corrected chi connectivity index (χ3v) is 3.50. The van der Waals surface area contributed by atoms with Gasteiger partial charge in [0.15, 0.2) is 0 Å². The molecule has 0 amide bonds. The zero-order chi connectivity index (χ0) is 13.8. The number of hydrogen-bond donors (Lipinski definition) is 2. The molecule has 0 radical (unpaired) electrons. The summed E-state index contributed by atoms with van der Waals surface area (Å²) in [5.74, 6) is 0. The normalized spacial score (nSPS) is 11.2. The average molecular weight is 301 g/mol. The minimum Gasteiger partial charge on any atom is -0.427 e. The Labute approximate surface area is 122 Å². The van der Waals surface area contributed by atoms with Crippen LogP contribution in [0.3, 0.4) is 0 Å². The number of benzene rings is 1. The topological polar surface area (TPSA) is 58.3 Å². The maximum Gasteiger partial charge on any atom is 0.451 e. The van der Waals surface area contributed by atoms with Crippen molar-refractivity contribution in [1.29, 1.82) is 0 Å². The molecular weight excluding hydrogens is 286 g/mol. The van der Waals surface area contributed by atoms with Gasteiger partial charge in [0.25, 0.3) is 0 Å². The first-order valence-electron chi connectivity index (χ1n) is 6.24. The quantitative estimate of drug-likeness (QED) is 0.637. The summed E-state index contributed by atoms with van der Waals surface area (Å²) < 4.78 is 2.00. The lowest BCUT2D eigenvalue weighted by molar-refractivity contribution is 0.401. The number of rotatable bonds is 6. The van der Waals surface area contributed by atoms with Gasteiger partial charge in [-0.15, -0.1) is 0 Å². The predicted octanol–water partition coefficient (Wildman–Crippen LogP) is 2.99. The maximum atomic E-state index is 8.75. The molecule has 0 aliphatic carbocycles. The molecule has 102 valence electrons. The van der Waals surface area contributed by atoms with Crippen molar-refractivity contribution in [3.05, 3.63) is 28.5 Å². The van der Waals surface area contributed by atoms with E-state index in [4.69, 9.17) is 33.2 Å². The molecule has 0 spiro atoms. The van der Waals surface area contributed by atoms with Crippen LogP contribution in [-0.2, 0) is 6.54 Å². The monoisotopic (exact) mass is 300 g/mol. The van der Waals surface area contributed by atoms with E-state index in [1.807, 2.05) is 4.57 Å². The lowest BCUT2D eigenvalue weighted by Gasteiger charge is -2.06. The SMILES string of the molecule is OB(O)CCCCCn1cnc2cc(Cl)cc(Cl)c21. The molecule has 0 bridgehead atoms. The Hall–Kier alpha value is -0.745. The van der Waals surface area contributed by atoms with Crippen molar-refractivity contribution >= 4 is 41.4 Å². The van der Waals surface area contributed by atoms with E-state index in [1.165, 1.54) is 0 Å². The van der Waals surface area contributed by atoms with Crippen molar-refractivity contribution in [2.45, 2.75) is 32.1 Å². The van der Waals surface area contributed by atoms with Crippen molar-refractivity contribution in [3.63, 3.8) is 0 Å². The van der Waals surface area contributed by atoms with Gasteiger partial charge in [-0.2, -0.15) is 0 Å². The molecule has 0 aliphatic rings. The molecule has 0 unspecified atom stereocenters. The second-order valence-corrected chi connectivity index (χ2v) is 5.37. The highest BCUT2D eigenvalue weighted by Crippen LogP contribution is 2.27. The molecule has 1 aromatic heterocycles. The molecule has 2 rings (SSSR count). The zero-order valence-electron chi connectivity index (χ0n) is 10.4. The summed E-state index contributed by atoms with van der Waals surface area (Å²) in [4.78, 5) is 4.28. The summed E-state index contributed by atoms with van der Waals surface area (Å²) in [5.41, 5.74) is 1.69. The van der Waals surface area contributed by atoms with E-state index in [2.05, 4.69) is 4.98 Å². The van der Waals surface area contributed by atoms with E-state index in [1.54, 1.807) is 18.5 Å². The molecular formula is C12H15BCl2N2O2. The van der Waals surface area contributed by atoms with Gasteiger partial charge in [-0.3, -0.25) is 0 Å². The lowest BCUT2D eigenvalue weighted by Crippen LogP contribution is -2.09. The number of halogens is 2. The van der Waals surface area contributed by atoms with Crippen molar-refractivity contribution in [1.82, 2.24) is 9.55 Å². The molecule has 0 aliphatic heterocycles. The molecule has 0 fully saturated rings. The van der Waals surface area contributed by atoms with Crippen LogP contribution in [-0.4, -0.2) is 26.7 Å². The molecule has 7 heteroatoms. The van der Waals surface area contributed by atoms with Gasteiger partial charge in [0.2, 0.25) is 0 Å². The van der Waals surface area contributed by atoms with Crippen molar-refractivity contribution in [2.24, 2.45) is 0 Å². The van der Waals surface area contributed by atoms with Crippen LogP contribution in [0.5, 0.6) is 0 Å². The Balaban J connectivity index is 1.98. The fourth-order valence-corrected chi connectivity index (χ4v) is 2.67. The first-order valence-corrected chi connectivity index (χ1v) is 6.99. The fraction of sp³-hybridized carbons (Fsp3) is 0.417. The molecule has 4 nitrogen and oxygen atoms in total. The molecule has 0 saturated carbocycles. The molecule has 1 heterocycles. The molecule has 0 atom stereocenters. The largest absolute Gasteiger partial charge is 0.451 e. The molecule has 2 N–H and O–H groups in total. The zero-order valence-corrected chi connectivity index (χ0v) is 11.9. The van der Waals surface area contributed by atoms with Gasteiger partial charge in [-0.05, 0) is 24.9 Å². The van der Waals surface area contributed by atoms with Crippen molar-refractivity contribution in [3.8, 4) is 0 Å². The molecule has 2 aromatic rings. The first-order chi connectivity index (χ1) is 9.08. The number of unbranched alkanes of at least 4 members (excludes halogenated alkanes) is 2. The van der Waals surface area contributed by atoms with Gasteiger partial charge >= 0.3 is 7.12 Å². The third kappa shape index (κ3) is 3.86. The minimum absolute atomic E-state index is 0.418. The smallest absolute Gasteiger partial charge is 0.427 e. The number of fused-ring (bicyclic) bond motifs is 1. The summed E-state index contributed by atoms with van der Waals surface area (Å²) in [6.45, 7) is 0.805. The summed E-state index contributed by atoms with van der Waals surface area (Å²) in [7, 11) is -1.20. The highest BCUT2D eigenvalue weighted by atomic mass is 35.5. The first kappa shape index (κ1) is 14.7. The Morgan fingerprint density at radius 2 is 1.95 bits per heavy atom. The van der Waals surface area contributed by atoms with E-state index in [-0.39, 0.29) is 0 Å². The summed E-state index contributed by atoms with van der Waals surface area (Å²) in [6.07, 6.45) is 4.85. The van der Waals surface area contributed by atoms with Crippen LogP contribution in [0, 0.1) is 0 Å². The van der Waals surface area contributed by atoms with Gasteiger partial charge < -0.3 is 14.6 Å². The predicted molar refractivity (Wildman–Crippen MR) is 78.6 cm³/mol. The van der Waals surface area contributed by atoms with Gasteiger partial charge in [0, 0.05) is 11.6 Å². The van der Waals surface area contributed by atoms with Crippen LogP contribution in [0.4, 0.5) is 0 Å². The number of hydrogen-bond acceptors (Lipinski definition) is 3. The maximum absolute atomic E-state index is 8.75. The van der Waals surface area contributed by atoms with E-state index >= 15 is 0 Å². The molecule has 0 saturated heterocycles. The minimum atomic E-state index is -1.20. The Morgan fingerprint density at radius 3 is 2.68 bits per heavy atom. The lowest BCUT2D eigenvalue weighted by atomic mass is 9.83. The van der Waals surface area contributed by atoms with Crippen LogP contribution >= 0.6 is 23.2 Å². The molecule has 19 heavy (non-hydrogen) atoms. The van der Waals surface area contributed by atoms with Crippen LogP contribution in [0.15, 0.2) is 18.5 Å². The second kappa shape index (κ2) is 6.61. The Kier molecular flexibility index (Phi) is 5.10. The van der Waals surface area contributed by atoms with Gasteiger partial charge in [0.05, 0.1) is 22.4 Å². The molecule has 1 aromatic carbocycles. The highest BCUT2D eigenvalue weighted by molar-refractivity contribution is 6.40.